The van der Waals surface area contributed by atoms with E-state index in [1.165, 1.54) is 28.9 Å². The van der Waals surface area contributed by atoms with E-state index in [4.69, 9.17) is 11.6 Å². The Hall–Kier alpha value is -2.65. The van der Waals surface area contributed by atoms with Crippen molar-refractivity contribution in [3.8, 4) is 0 Å². The second-order valence-corrected chi connectivity index (χ2v) is 7.82. The van der Waals surface area contributed by atoms with Crippen LogP contribution < -0.4 is 10.0 Å². The number of benzene rings is 2. The normalized spacial score (nSPS) is 11.5. The van der Waals surface area contributed by atoms with E-state index in [1.807, 2.05) is 0 Å². The number of aromatic nitrogens is 2. The highest BCUT2D eigenvalue weighted by Gasteiger charge is 2.18. The Labute approximate surface area is 153 Å². The molecule has 3 aromatic rings. The molecule has 0 aliphatic rings. The smallest absolute Gasteiger partial charge is 0.274 e. The molecule has 0 aliphatic carbocycles. The predicted octanol–water partition coefficient (Wildman–Crippen LogP) is 2.99. The van der Waals surface area contributed by atoms with E-state index in [1.54, 1.807) is 13.1 Å². The number of halogens is 2. The van der Waals surface area contributed by atoms with Crippen LogP contribution in [0.4, 0.5) is 15.8 Å². The fourth-order valence-electron chi connectivity index (χ4n) is 2.51. The Balaban J connectivity index is 1.95. The summed E-state index contributed by atoms with van der Waals surface area (Å²) in [4.78, 5) is 12.6. The van der Waals surface area contributed by atoms with Crippen LogP contribution in [0.3, 0.4) is 0 Å². The fourth-order valence-corrected chi connectivity index (χ4v) is 3.25. The summed E-state index contributed by atoms with van der Waals surface area (Å²) in [6.07, 6.45) is 1.04. The number of hydrogen-bond acceptors (Lipinski definition) is 4. The highest BCUT2D eigenvalue weighted by molar-refractivity contribution is 7.92. The summed E-state index contributed by atoms with van der Waals surface area (Å²) in [6, 6.07) is 8.52. The van der Waals surface area contributed by atoms with Gasteiger partial charge in [-0.3, -0.25) is 14.2 Å². The van der Waals surface area contributed by atoms with Crippen molar-refractivity contribution in [3.05, 3.63) is 52.9 Å². The molecule has 2 aromatic carbocycles. The molecule has 0 saturated carbocycles. The summed E-state index contributed by atoms with van der Waals surface area (Å²) >= 11 is 5.72. The second-order valence-electron chi connectivity index (χ2n) is 5.66. The first-order valence-electron chi connectivity index (χ1n) is 7.35. The van der Waals surface area contributed by atoms with Gasteiger partial charge in [0.25, 0.3) is 5.91 Å². The molecule has 1 amide bonds. The molecule has 2 N–H and O–H groups in total. The van der Waals surface area contributed by atoms with E-state index in [2.05, 4.69) is 15.1 Å². The molecular formula is C16H14ClFN4O3S. The van der Waals surface area contributed by atoms with Crippen LogP contribution in [0.2, 0.25) is 5.02 Å². The van der Waals surface area contributed by atoms with Crippen LogP contribution in [-0.2, 0) is 17.1 Å². The first-order chi connectivity index (χ1) is 12.1. The van der Waals surface area contributed by atoms with Crippen LogP contribution in [0.15, 0.2) is 36.4 Å². The maximum absolute atomic E-state index is 13.2. The average molecular weight is 397 g/mol. The largest absolute Gasteiger partial charge is 0.321 e. The monoisotopic (exact) mass is 396 g/mol. The SMILES string of the molecule is Cn1nc2cc(NS(C)(=O)=O)ccc2c1C(=O)Nc1ccc(F)c(Cl)c1. The molecule has 0 radical (unpaired) electrons. The van der Waals surface area contributed by atoms with E-state index in [-0.39, 0.29) is 10.7 Å². The van der Waals surface area contributed by atoms with Gasteiger partial charge in [-0.2, -0.15) is 5.10 Å². The van der Waals surface area contributed by atoms with Crippen LogP contribution in [0.1, 0.15) is 10.5 Å². The van der Waals surface area contributed by atoms with Crippen molar-refractivity contribution in [2.75, 3.05) is 16.3 Å². The van der Waals surface area contributed by atoms with Crippen LogP contribution in [0.25, 0.3) is 10.9 Å². The van der Waals surface area contributed by atoms with Gasteiger partial charge in [-0.25, -0.2) is 12.8 Å². The summed E-state index contributed by atoms with van der Waals surface area (Å²) < 4.78 is 39.6. The van der Waals surface area contributed by atoms with Crippen LogP contribution in [0, 0.1) is 5.82 Å². The van der Waals surface area contributed by atoms with Crippen molar-refractivity contribution in [2.24, 2.45) is 7.05 Å². The number of nitrogens with one attached hydrogen (secondary N) is 2. The first-order valence-corrected chi connectivity index (χ1v) is 9.62. The Kier molecular flexibility index (Phi) is 4.59. The number of rotatable bonds is 4. The minimum absolute atomic E-state index is 0.103. The lowest BCUT2D eigenvalue weighted by Gasteiger charge is -2.07. The minimum Gasteiger partial charge on any atom is -0.321 e. The maximum atomic E-state index is 13.2. The number of fused-ring (bicyclic) bond motifs is 1. The molecule has 3 rings (SSSR count). The van der Waals surface area contributed by atoms with E-state index < -0.39 is 21.7 Å². The molecule has 0 aliphatic heterocycles. The third kappa shape index (κ3) is 3.78. The van der Waals surface area contributed by atoms with Crippen molar-refractivity contribution in [2.45, 2.75) is 0 Å². The number of aryl methyl sites for hydroxylation is 1. The number of sulfonamides is 1. The van der Waals surface area contributed by atoms with Crippen molar-refractivity contribution in [1.29, 1.82) is 0 Å². The Morgan fingerprint density at radius 1 is 1.19 bits per heavy atom. The molecule has 1 heterocycles. The molecule has 0 spiro atoms. The second kappa shape index (κ2) is 6.58. The third-order valence-corrected chi connectivity index (χ3v) is 4.43. The maximum Gasteiger partial charge on any atom is 0.274 e. The topological polar surface area (TPSA) is 93.1 Å². The Morgan fingerprint density at radius 2 is 1.88 bits per heavy atom. The van der Waals surface area contributed by atoms with Gasteiger partial charge in [-0.1, -0.05) is 11.6 Å². The van der Waals surface area contributed by atoms with Crippen molar-refractivity contribution in [1.82, 2.24) is 9.78 Å². The van der Waals surface area contributed by atoms with Gasteiger partial charge >= 0.3 is 0 Å². The predicted molar refractivity (Wildman–Crippen MR) is 98.5 cm³/mol. The number of anilines is 2. The van der Waals surface area contributed by atoms with Gasteiger partial charge in [0.2, 0.25) is 10.0 Å². The van der Waals surface area contributed by atoms with Gasteiger partial charge < -0.3 is 5.32 Å². The average Bonchev–Trinajstić information content (AvgIpc) is 2.84. The molecule has 0 unspecified atom stereocenters. The molecule has 7 nitrogen and oxygen atoms in total. The zero-order chi connectivity index (χ0) is 19.1. The molecular weight excluding hydrogens is 383 g/mol. The summed E-state index contributed by atoms with van der Waals surface area (Å²) in [5.74, 6) is -1.04. The molecule has 136 valence electrons. The molecule has 10 heteroatoms. The fraction of sp³-hybridized carbons (Fsp3) is 0.125. The van der Waals surface area contributed by atoms with Gasteiger partial charge in [0.15, 0.2) is 0 Å². The summed E-state index contributed by atoms with van der Waals surface area (Å²) in [5, 5.41) is 7.31. The van der Waals surface area contributed by atoms with Crippen molar-refractivity contribution < 1.29 is 17.6 Å². The lowest BCUT2D eigenvalue weighted by molar-refractivity contribution is 0.101. The first kappa shape index (κ1) is 18.2. The van der Waals surface area contributed by atoms with Gasteiger partial charge in [-0.15, -0.1) is 0 Å². The lowest BCUT2D eigenvalue weighted by atomic mass is 10.2. The molecule has 0 fully saturated rings. The Bertz CT molecular complexity index is 1130. The molecule has 1 aromatic heterocycles. The van der Waals surface area contributed by atoms with E-state index in [0.717, 1.165) is 12.3 Å². The number of carbonyl (C=O) groups is 1. The highest BCUT2D eigenvalue weighted by atomic mass is 35.5. The number of nitrogens with zero attached hydrogens (tertiary/aromatic N) is 2. The van der Waals surface area contributed by atoms with Crippen LogP contribution >= 0.6 is 11.6 Å². The Morgan fingerprint density at radius 3 is 2.54 bits per heavy atom. The minimum atomic E-state index is -3.42. The highest BCUT2D eigenvalue weighted by Crippen LogP contribution is 2.24. The summed E-state index contributed by atoms with van der Waals surface area (Å²) in [6.45, 7) is 0. The molecule has 0 bridgehead atoms. The molecule has 0 saturated heterocycles. The van der Waals surface area contributed by atoms with E-state index >= 15 is 0 Å². The quantitative estimate of drug-likeness (QED) is 0.709. The van der Waals surface area contributed by atoms with Crippen LogP contribution in [0.5, 0.6) is 0 Å². The number of hydrogen-bond donors (Lipinski definition) is 2. The lowest BCUT2D eigenvalue weighted by Crippen LogP contribution is -2.16. The number of amides is 1. The van der Waals surface area contributed by atoms with Gasteiger partial charge in [-0.05, 0) is 36.4 Å². The van der Waals surface area contributed by atoms with E-state index in [0.29, 0.717) is 22.3 Å². The van der Waals surface area contributed by atoms with E-state index in [9.17, 15) is 17.6 Å². The van der Waals surface area contributed by atoms with Gasteiger partial charge in [0.05, 0.1) is 22.5 Å². The van der Waals surface area contributed by atoms with Gasteiger partial charge in [0, 0.05) is 18.1 Å². The zero-order valence-corrected chi connectivity index (χ0v) is 15.3. The summed E-state index contributed by atoms with van der Waals surface area (Å²) in [7, 11) is -1.83. The van der Waals surface area contributed by atoms with Crippen LogP contribution in [-0.4, -0.2) is 30.4 Å². The molecule has 0 atom stereocenters. The molecule has 26 heavy (non-hydrogen) atoms. The van der Waals surface area contributed by atoms with Crippen molar-refractivity contribution in [3.63, 3.8) is 0 Å². The number of carbonyl (C=O) groups excluding carboxylic acids is 1. The third-order valence-electron chi connectivity index (χ3n) is 3.53. The summed E-state index contributed by atoms with van der Waals surface area (Å²) in [5.41, 5.74) is 1.40. The van der Waals surface area contributed by atoms with Gasteiger partial charge in [0.1, 0.15) is 11.5 Å². The zero-order valence-electron chi connectivity index (χ0n) is 13.7. The standard InChI is InChI=1S/C16H14ClFN4O3S/c1-22-15(16(23)19-9-4-6-13(18)12(17)7-9)11-5-3-10(8-14(11)20-22)21-26(2,24)25/h3-8,21H,1-2H3,(H,19,23). The van der Waals surface area contributed by atoms with Crippen molar-refractivity contribution >= 4 is 49.8 Å².